The number of aromatic nitrogens is 1. The van der Waals surface area contributed by atoms with Crippen LogP contribution in [0.25, 0.3) is 77.9 Å². The van der Waals surface area contributed by atoms with Crippen molar-refractivity contribution >= 4 is 44.9 Å². The number of furan rings is 1. The van der Waals surface area contributed by atoms with Crippen molar-refractivity contribution in [2.75, 3.05) is 0 Å². The monoisotopic (exact) mass is 744 g/mol. The Balaban J connectivity index is 1.18. The highest BCUT2D eigenvalue weighted by Gasteiger charge is 2.21. The average molecular weight is 745 g/mol. The van der Waals surface area contributed by atoms with Crippen LogP contribution in [0.4, 0.5) is 5.69 Å². The van der Waals surface area contributed by atoms with Gasteiger partial charge in [0.05, 0.1) is 11.3 Å². The van der Waals surface area contributed by atoms with Gasteiger partial charge in [0.1, 0.15) is 22.4 Å². The Kier molecular flexibility index (Phi) is 8.70. The summed E-state index contributed by atoms with van der Waals surface area (Å²) in [6, 6.07) is 49.7. The molecule has 7 aromatic carbocycles. The lowest BCUT2D eigenvalue weighted by Gasteiger charge is -2.20. The maximum Gasteiger partial charge on any atom is 0.229 e. The summed E-state index contributed by atoms with van der Waals surface area (Å²) in [5.74, 6) is 0.629. The fourth-order valence-electron chi connectivity index (χ4n) is 7.53. The van der Waals surface area contributed by atoms with Gasteiger partial charge in [0.25, 0.3) is 0 Å². The standard InChI is InChI=1S/C52H44N2O3/c1-51(2,3)37-14-11-13-34(27-37)32-21-23-33(24-22-32)35-29-43(41-18-12-17-40-39-15-8-10-20-46(39)56-49(40)41)48-47(30-35)57-50(54-48)42-16-7-9-19-44(42)53-31-36-28-38(52(4,5)6)25-26-45(36)55/h7-31,55H,1-6H3. The molecule has 0 saturated carbocycles. The summed E-state index contributed by atoms with van der Waals surface area (Å²) in [5.41, 5.74) is 13.8. The molecule has 5 nitrogen and oxygen atoms in total. The number of hydrogen-bond donors (Lipinski definition) is 1. The Labute approximate surface area is 333 Å². The van der Waals surface area contributed by atoms with E-state index in [9.17, 15) is 5.11 Å². The van der Waals surface area contributed by atoms with Crippen molar-refractivity contribution in [2.45, 2.75) is 52.4 Å². The van der Waals surface area contributed by atoms with Gasteiger partial charge in [0.15, 0.2) is 5.58 Å². The summed E-state index contributed by atoms with van der Waals surface area (Å²) < 4.78 is 13.3. The molecule has 0 bridgehead atoms. The van der Waals surface area contributed by atoms with Crippen LogP contribution in [-0.4, -0.2) is 16.3 Å². The van der Waals surface area contributed by atoms with Gasteiger partial charge < -0.3 is 13.9 Å². The zero-order valence-corrected chi connectivity index (χ0v) is 33.1. The Morgan fingerprint density at radius 3 is 1.98 bits per heavy atom. The lowest BCUT2D eigenvalue weighted by atomic mass is 9.85. The quantitative estimate of drug-likeness (QED) is 0.172. The zero-order chi connectivity index (χ0) is 39.5. The number of hydrogen-bond acceptors (Lipinski definition) is 5. The summed E-state index contributed by atoms with van der Waals surface area (Å²) >= 11 is 0. The molecule has 57 heavy (non-hydrogen) atoms. The molecule has 9 aromatic rings. The molecule has 280 valence electrons. The first-order valence-corrected chi connectivity index (χ1v) is 19.4. The second kappa shape index (κ2) is 13.8. The van der Waals surface area contributed by atoms with E-state index < -0.39 is 0 Å². The minimum atomic E-state index is -0.0737. The van der Waals surface area contributed by atoms with Gasteiger partial charge in [-0.3, -0.25) is 4.99 Å². The van der Waals surface area contributed by atoms with Crippen molar-refractivity contribution in [3.63, 3.8) is 0 Å². The Morgan fingerprint density at radius 1 is 0.526 bits per heavy atom. The Bertz CT molecular complexity index is 2990. The normalized spacial score (nSPS) is 12.4. The van der Waals surface area contributed by atoms with Crippen molar-refractivity contribution in [3.8, 4) is 50.6 Å². The average Bonchev–Trinajstić information content (AvgIpc) is 3.82. The van der Waals surface area contributed by atoms with Crippen molar-refractivity contribution < 1.29 is 13.9 Å². The van der Waals surface area contributed by atoms with Crippen LogP contribution in [0.2, 0.25) is 0 Å². The van der Waals surface area contributed by atoms with E-state index in [1.54, 1.807) is 12.3 Å². The van der Waals surface area contributed by atoms with Crippen LogP contribution < -0.4 is 0 Å². The van der Waals surface area contributed by atoms with Gasteiger partial charge in [-0.05, 0) is 86.7 Å². The highest BCUT2D eigenvalue weighted by molar-refractivity contribution is 6.12. The van der Waals surface area contributed by atoms with Gasteiger partial charge in [0, 0.05) is 33.7 Å². The topological polar surface area (TPSA) is 71.8 Å². The molecule has 0 aliphatic carbocycles. The molecule has 5 heteroatoms. The highest BCUT2D eigenvalue weighted by Crippen LogP contribution is 2.43. The molecular formula is C52H44N2O3. The summed E-state index contributed by atoms with van der Waals surface area (Å²) in [4.78, 5) is 10.1. The minimum absolute atomic E-state index is 0.0638. The minimum Gasteiger partial charge on any atom is -0.507 e. The Morgan fingerprint density at radius 2 is 1.19 bits per heavy atom. The van der Waals surface area contributed by atoms with Crippen LogP contribution in [0.1, 0.15) is 58.2 Å². The van der Waals surface area contributed by atoms with Gasteiger partial charge in [-0.15, -0.1) is 0 Å². The smallest absolute Gasteiger partial charge is 0.229 e. The van der Waals surface area contributed by atoms with Crippen LogP contribution in [0.5, 0.6) is 5.75 Å². The molecule has 0 amide bonds. The summed E-state index contributed by atoms with van der Waals surface area (Å²) in [7, 11) is 0. The summed E-state index contributed by atoms with van der Waals surface area (Å²) in [6.07, 6.45) is 1.71. The number of rotatable bonds is 6. The zero-order valence-electron chi connectivity index (χ0n) is 33.1. The molecular weight excluding hydrogens is 701 g/mol. The van der Waals surface area contributed by atoms with Crippen LogP contribution >= 0.6 is 0 Å². The number of aromatic hydroxyl groups is 1. The van der Waals surface area contributed by atoms with E-state index >= 15 is 0 Å². The third kappa shape index (κ3) is 6.80. The molecule has 0 saturated heterocycles. The van der Waals surface area contributed by atoms with E-state index in [-0.39, 0.29) is 16.6 Å². The van der Waals surface area contributed by atoms with Crippen LogP contribution in [0.15, 0.2) is 159 Å². The molecule has 0 aliphatic heterocycles. The number of para-hydroxylation sites is 3. The molecule has 0 fully saturated rings. The van der Waals surface area contributed by atoms with E-state index in [4.69, 9.17) is 18.8 Å². The number of phenolic OH excluding ortho intramolecular Hbond substituents is 1. The van der Waals surface area contributed by atoms with E-state index in [0.717, 1.165) is 66.4 Å². The maximum absolute atomic E-state index is 10.7. The first-order chi connectivity index (χ1) is 27.4. The molecule has 0 unspecified atom stereocenters. The predicted molar refractivity (Wildman–Crippen MR) is 236 cm³/mol. The first kappa shape index (κ1) is 35.9. The molecule has 0 spiro atoms. The van der Waals surface area contributed by atoms with Crippen molar-refractivity contribution in [3.05, 3.63) is 162 Å². The fraction of sp³-hybridized carbons (Fsp3) is 0.154. The molecule has 0 radical (unpaired) electrons. The molecule has 9 rings (SSSR count). The summed E-state index contributed by atoms with van der Waals surface area (Å²) in [6.45, 7) is 13.2. The fourth-order valence-corrected chi connectivity index (χ4v) is 7.53. The second-order valence-corrected chi connectivity index (χ2v) is 16.9. The van der Waals surface area contributed by atoms with Crippen LogP contribution in [-0.2, 0) is 10.8 Å². The molecule has 2 heterocycles. The molecule has 1 N–H and O–H groups in total. The highest BCUT2D eigenvalue weighted by atomic mass is 16.3. The van der Waals surface area contributed by atoms with Gasteiger partial charge in [-0.2, -0.15) is 0 Å². The number of fused-ring (bicyclic) bond motifs is 4. The second-order valence-electron chi connectivity index (χ2n) is 16.9. The van der Waals surface area contributed by atoms with E-state index in [0.29, 0.717) is 22.7 Å². The van der Waals surface area contributed by atoms with E-state index in [1.165, 1.54) is 11.1 Å². The van der Waals surface area contributed by atoms with Crippen molar-refractivity contribution in [1.29, 1.82) is 0 Å². The molecule has 0 aliphatic rings. The lowest BCUT2D eigenvalue weighted by Crippen LogP contribution is -2.11. The Hall–Kier alpha value is -6.72. The van der Waals surface area contributed by atoms with Crippen LogP contribution in [0.3, 0.4) is 0 Å². The van der Waals surface area contributed by atoms with Crippen molar-refractivity contribution in [1.82, 2.24) is 4.98 Å². The van der Waals surface area contributed by atoms with Gasteiger partial charge >= 0.3 is 0 Å². The number of nitrogens with zero attached hydrogens (tertiary/aromatic N) is 2. The molecule has 2 aromatic heterocycles. The third-order valence-electron chi connectivity index (χ3n) is 10.8. The third-order valence-corrected chi connectivity index (χ3v) is 10.8. The molecule has 0 atom stereocenters. The number of oxazole rings is 1. The van der Waals surface area contributed by atoms with Gasteiger partial charge in [0.2, 0.25) is 5.89 Å². The first-order valence-electron chi connectivity index (χ1n) is 19.4. The summed E-state index contributed by atoms with van der Waals surface area (Å²) in [5, 5.41) is 12.8. The number of phenols is 1. The maximum atomic E-state index is 10.7. The van der Waals surface area contributed by atoms with Gasteiger partial charge in [-0.1, -0.05) is 145 Å². The van der Waals surface area contributed by atoms with Crippen molar-refractivity contribution in [2.24, 2.45) is 4.99 Å². The number of aliphatic imine (C=N–C) groups is 1. The SMILES string of the molecule is CC(C)(C)c1cccc(-c2ccc(-c3cc(-c4cccc5c4oc4ccccc45)c4nc(-c5ccccc5N=Cc5cc(C(C)(C)C)ccc5O)oc4c3)cc2)c1. The number of benzene rings is 7. The predicted octanol–water partition coefficient (Wildman–Crippen LogP) is 14.4. The largest absolute Gasteiger partial charge is 0.507 e. The van der Waals surface area contributed by atoms with E-state index in [1.807, 2.05) is 54.6 Å². The van der Waals surface area contributed by atoms with Gasteiger partial charge in [-0.25, -0.2) is 4.98 Å². The van der Waals surface area contributed by atoms with E-state index in [2.05, 4.69) is 126 Å². The van der Waals surface area contributed by atoms with Crippen LogP contribution in [0, 0.1) is 0 Å². The lowest BCUT2D eigenvalue weighted by molar-refractivity contribution is 0.473.